The molecule has 20 rings (SSSR count). The first kappa shape index (κ1) is 55.3. The first-order valence-electron chi connectivity index (χ1n) is 31.2. The van der Waals surface area contributed by atoms with Gasteiger partial charge in [-0.3, -0.25) is 9.13 Å². The van der Waals surface area contributed by atoms with E-state index in [4.69, 9.17) is 13.8 Å². The second kappa shape index (κ2) is 22.4. The van der Waals surface area contributed by atoms with Crippen LogP contribution in [0.5, 0.6) is 0 Å². The fraction of sp³-hybridized carbons (Fsp3) is 0. The Kier molecular flexibility index (Phi) is 13.2. The van der Waals surface area contributed by atoms with E-state index in [-0.39, 0.29) is 0 Å². The van der Waals surface area contributed by atoms with Gasteiger partial charge in [0, 0.05) is 103 Å². The molecule has 0 fully saturated rings. The van der Waals surface area contributed by atoms with Gasteiger partial charge >= 0.3 is 7.12 Å². The predicted octanol–water partition coefficient (Wildman–Crippen LogP) is 20.0. The van der Waals surface area contributed by atoms with E-state index >= 15 is 0 Å². The molecule has 0 saturated carbocycles. The van der Waals surface area contributed by atoms with E-state index in [0.717, 1.165) is 117 Å². The van der Waals surface area contributed by atoms with E-state index in [1.807, 2.05) is 73.1 Å². The monoisotopic (exact) mass is 1320 g/mol. The molecule has 10 nitrogen and oxygen atoms in total. The maximum absolute atomic E-state index is 9.42. The van der Waals surface area contributed by atoms with Gasteiger partial charge < -0.3 is 28.0 Å². The minimum absolute atomic E-state index is 0.486. The van der Waals surface area contributed by atoms with E-state index in [0.29, 0.717) is 5.46 Å². The average Bonchev–Trinajstić information content (AvgIpc) is 1.61. The molecule has 0 radical (unpaired) electrons. The van der Waals surface area contributed by atoms with E-state index in [1.54, 1.807) is 6.07 Å². The van der Waals surface area contributed by atoms with Crippen LogP contribution in [0.3, 0.4) is 0 Å². The van der Waals surface area contributed by atoms with Crippen molar-refractivity contribution in [3.63, 3.8) is 0 Å². The van der Waals surface area contributed by atoms with Gasteiger partial charge in [-0.05, 0) is 191 Å². The summed E-state index contributed by atoms with van der Waals surface area (Å²) in [4.78, 5) is 9.46. The van der Waals surface area contributed by atoms with Crippen molar-refractivity contribution in [1.29, 1.82) is 0 Å². The molecule has 12 heteroatoms. The van der Waals surface area contributed by atoms with Crippen LogP contribution in [0, 0.1) is 3.57 Å². The van der Waals surface area contributed by atoms with Crippen molar-refractivity contribution in [2.45, 2.75) is 0 Å². The number of nitrogens with zero attached hydrogens (tertiary/aromatic N) is 6. The van der Waals surface area contributed by atoms with E-state index in [1.165, 1.54) is 52.3 Å². The molecule has 8 heterocycles. The van der Waals surface area contributed by atoms with Crippen LogP contribution in [0.25, 0.3) is 165 Å². The van der Waals surface area contributed by atoms with E-state index in [9.17, 15) is 10.0 Å². The number of fused-ring (bicyclic) bond motifs is 18. The van der Waals surface area contributed by atoms with E-state index in [2.05, 4.69) is 270 Å². The number of rotatable bonds is 6. The summed E-state index contributed by atoms with van der Waals surface area (Å²) in [6, 6.07) is 101. The lowest BCUT2D eigenvalue weighted by Gasteiger charge is -2.10. The van der Waals surface area contributed by atoms with Crippen LogP contribution in [0.15, 0.2) is 312 Å². The number of hydrogen-bond donors (Lipinski definition) is 2. The standard InChI is InChI=1S/C41H25N3O.C23H13IN2O.C18H14BNO2/c1-4-15-36-30(11-1)31-12-2-5-16-37(31)43(36)28-10-7-9-26(23-28)27-18-20-39-34(24-27)35-25-29(19-21-40(35)45-39)44-38-17-6-3-13-32(38)33-14-8-22-42-41(33)44;24-14-7-9-21-18(12-14)19-13-15(8-10-22(19)27-21)26-20-6-2-1-4-16(20)17-5-3-11-25-23(17)26;21-19(22)13-6-5-7-14(12-13)20-17-10-3-1-8-15(17)16-9-2-4-11-18(16)20/h1-25H;1-13H;1-12,21-22H. The van der Waals surface area contributed by atoms with Crippen molar-refractivity contribution in [3.05, 3.63) is 307 Å². The zero-order valence-electron chi connectivity index (χ0n) is 50.2. The third kappa shape index (κ3) is 9.08. The Morgan fingerprint density at radius 2 is 0.628 bits per heavy atom. The maximum atomic E-state index is 9.42. The first-order valence-corrected chi connectivity index (χ1v) is 32.3. The molecule has 0 aliphatic heterocycles. The SMILES string of the molecule is Ic1ccc2oc3ccc(-n4c5ccccc5c5cccnc54)cc3c2c1.OB(O)c1cccc(-n2c3ccccc3c3ccccc32)c1.c1cc(-c2ccc3oc4ccc(-n5c6ccccc6c6cccnc65)cc4c3c2)cc(-n2c3ccccc3c3ccccc32)c1. The normalized spacial score (nSPS) is 11.8. The number of pyridine rings is 2. The van der Waals surface area contributed by atoms with Gasteiger partial charge in [-0.1, -0.05) is 140 Å². The van der Waals surface area contributed by atoms with Crippen LogP contribution in [-0.4, -0.2) is 45.4 Å². The third-order valence-corrected chi connectivity index (χ3v) is 18.9. The second-order valence-electron chi connectivity index (χ2n) is 23.6. The maximum Gasteiger partial charge on any atom is 0.488 e. The molecule has 2 N–H and O–H groups in total. The zero-order chi connectivity index (χ0) is 62.5. The van der Waals surface area contributed by atoms with Crippen LogP contribution in [0.1, 0.15) is 0 Å². The smallest absolute Gasteiger partial charge is 0.456 e. The van der Waals surface area contributed by atoms with Crippen molar-refractivity contribution in [3.8, 4) is 33.9 Å². The third-order valence-electron chi connectivity index (χ3n) is 18.3. The molecule has 0 aliphatic carbocycles. The lowest BCUT2D eigenvalue weighted by atomic mass is 9.80. The molecule has 0 spiro atoms. The van der Waals surface area contributed by atoms with Gasteiger partial charge in [0.05, 0.1) is 33.1 Å². The Hall–Kier alpha value is -11.5. The highest BCUT2D eigenvalue weighted by Gasteiger charge is 2.20. The fourth-order valence-corrected chi connectivity index (χ4v) is 14.6. The number of hydrogen-bond acceptors (Lipinski definition) is 6. The largest absolute Gasteiger partial charge is 0.488 e. The van der Waals surface area contributed by atoms with Crippen molar-refractivity contribution < 1.29 is 18.9 Å². The molecule has 0 aliphatic rings. The number of furan rings is 2. The van der Waals surface area contributed by atoms with Gasteiger partial charge in [0.2, 0.25) is 0 Å². The van der Waals surface area contributed by atoms with Gasteiger partial charge in [-0.2, -0.15) is 0 Å². The minimum Gasteiger partial charge on any atom is -0.456 e. The Morgan fingerprint density at radius 1 is 0.277 bits per heavy atom. The van der Waals surface area contributed by atoms with Crippen molar-refractivity contribution >= 4 is 167 Å². The van der Waals surface area contributed by atoms with Crippen molar-refractivity contribution in [1.82, 2.24) is 28.2 Å². The predicted molar refractivity (Wildman–Crippen MR) is 395 cm³/mol. The molecule has 0 bridgehead atoms. The minimum atomic E-state index is -1.46. The van der Waals surface area contributed by atoms with Crippen LogP contribution in [0.4, 0.5) is 0 Å². The molecule has 8 aromatic heterocycles. The molecular weight excluding hydrogens is 1270 g/mol. The summed E-state index contributed by atoms with van der Waals surface area (Å²) < 4.78 is 22.6. The molecule has 94 heavy (non-hydrogen) atoms. The highest BCUT2D eigenvalue weighted by Crippen LogP contribution is 2.40. The summed E-state index contributed by atoms with van der Waals surface area (Å²) in [7, 11) is -1.46. The van der Waals surface area contributed by atoms with Crippen LogP contribution >= 0.6 is 22.6 Å². The summed E-state index contributed by atoms with van der Waals surface area (Å²) in [5.41, 5.74) is 19.4. The average molecular weight is 1320 g/mol. The van der Waals surface area contributed by atoms with Crippen molar-refractivity contribution in [2.75, 3.05) is 0 Å². The first-order chi connectivity index (χ1) is 46.4. The Morgan fingerprint density at radius 3 is 1.10 bits per heavy atom. The summed E-state index contributed by atoms with van der Waals surface area (Å²) >= 11 is 2.34. The van der Waals surface area contributed by atoms with Gasteiger partial charge in [-0.25, -0.2) is 9.97 Å². The van der Waals surface area contributed by atoms with Gasteiger partial charge in [-0.15, -0.1) is 0 Å². The van der Waals surface area contributed by atoms with Gasteiger partial charge in [0.1, 0.15) is 33.6 Å². The molecular formula is C82H52BIN6O4. The van der Waals surface area contributed by atoms with Gasteiger partial charge in [0.25, 0.3) is 0 Å². The van der Waals surface area contributed by atoms with Gasteiger partial charge in [0.15, 0.2) is 0 Å². The zero-order valence-corrected chi connectivity index (χ0v) is 52.4. The fourth-order valence-electron chi connectivity index (χ4n) is 14.1. The molecule has 0 amide bonds. The molecule has 20 aromatic rings. The lowest BCUT2D eigenvalue weighted by Crippen LogP contribution is -2.29. The topological polar surface area (TPSA) is 112 Å². The highest BCUT2D eigenvalue weighted by atomic mass is 127. The van der Waals surface area contributed by atoms with Crippen molar-refractivity contribution in [2.24, 2.45) is 0 Å². The summed E-state index contributed by atoms with van der Waals surface area (Å²) in [6.07, 6.45) is 3.72. The Labute approximate surface area is 550 Å². The Balaban J connectivity index is 0.000000113. The lowest BCUT2D eigenvalue weighted by molar-refractivity contribution is 0.425. The van der Waals surface area contributed by atoms with Crippen LogP contribution < -0.4 is 5.46 Å². The number of benzene rings is 12. The molecule has 12 aromatic carbocycles. The Bertz CT molecular complexity index is 6190. The molecule has 444 valence electrons. The number of para-hydroxylation sites is 6. The van der Waals surface area contributed by atoms with Crippen LogP contribution in [-0.2, 0) is 0 Å². The highest BCUT2D eigenvalue weighted by molar-refractivity contribution is 14.1. The second-order valence-corrected chi connectivity index (χ2v) is 24.9. The summed E-state index contributed by atoms with van der Waals surface area (Å²) in [6.45, 7) is 0. The number of aromatic nitrogens is 6. The molecule has 0 unspecified atom stereocenters. The molecule has 0 atom stereocenters. The molecule has 0 saturated heterocycles. The van der Waals surface area contributed by atoms with Crippen LogP contribution in [0.2, 0.25) is 0 Å². The number of halogens is 1. The summed E-state index contributed by atoms with van der Waals surface area (Å²) in [5, 5.41) is 32.9. The quantitative estimate of drug-likeness (QED) is 0.127. The summed E-state index contributed by atoms with van der Waals surface area (Å²) in [5.74, 6) is 0. The van der Waals surface area contributed by atoms with E-state index < -0.39 is 7.12 Å².